The van der Waals surface area contributed by atoms with Crippen LogP contribution in [0.2, 0.25) is 0 Å². The van der Waals surface area contributed by atoms with E-state index in [2.05, 4.69) is 23.8 Å². The van der Waals surface area contributed by atoms with Crippen molar-refractivity contribution in [2.75, 3.05) is 31.6 Å². The fourth-order valence-corrected chi connectivity index (χ4v) is 2.91. The molecule has 2 rings (SSSR count). The molecule has 0 radical (unpaired) electrons. The summed E-state index contributed by atoms with van der Waals surface area (Å²) in [5.41, 5.74) is 7.59. The molecule has 2 atom stereocenters. The summed E-state index contributed by atoms with van der Waals surface area (Å²) in [4.78, 5) is 4.48. The molecule has 1 aliphatic heterocycles. The number of likely N-dealkylation sites (N-methyl/N-ethyl adjacent to an activating group) is 1. The molecule has 0 bridgehead atoms. The number of nitrogens with zero attached hydrogens (tertiary/aromatic N) is 2. The maximum absolute atomic E-state index is 14.3. The van der Waals surface area contributed by atoms with Crippen molar-refractivity contribution in [1.29, 1.82) is 0 Å². The molecule has 1 aromatic carbocycles. The lowest BCUT2D eigenvalue weighted by atomic mass is 10.0. The van der Waals surface area contributed by atoms with E-state index < -0.39 is 0 Å². The fraction of sp³-hybridized carbons (Fsp3) is 0.600. The Bertz CT molecular complexity index is 433. The van der Waals surface area contributed by atoms with Crippen molar-refractivity contribution < 1.29 is 4.39 Å². The van der Waals surface area contributed by atoms with Crippen LogP contribution in [0.3, 0.4) is 0 Å². The lowest BCUT2D eigenvalue weighted by Crippen LogP contribution is -2.39. The van der Waals surface area contributed by atoms with Crippen molar-refractivity contribution in [3.63, 3.8) is 0 Å². The Balaban J connectivity index is 2.39. The van der Waals surface area contributed by atoms with Gasteiger partial charge in [0.25, 0.3) is 0 Å². The summed E-state index contributed by atoms with van der Waals surface area (Å²) >= 11 is 0. The summed E-state index contributed by atoms with van der Waals surface area (Å²) < 4.78 is 14.3. The van der Waals surface area contributed by atoms with Gasteiger partial charge < -0.3 is 15.5 Å². The molecule has 0 aromatic heterocycles. The molecule has 1 saturated heterocycles. The van der Waals surface area contributed by atoms with E-state index in [1.165, 1.54) is 6.07 Å². The van der Waals surface area contributed by atoms with Crippen LogP contribution in [-0.2, 0) is 0 Å². The molecule has 0 spiro atoms. The second kappa shape index (κ2) is 5.88. The van der Waals surface area contributed by atoms with Crippen LogP contribution in [0.5, 0.6) is 0 Å². The molecule has 0 saturated carbocycles. The smallest absolute Gasteiger partial charge is 0.146 e. The minimum absolute atomic E-state index is 0.154. The highest BCUT2D eigenvalue weighted by Gasteiger charge is 2.25. The van der Waals surface area contributed by atoms with Gasteiger partial charge in [-0.15, -0.1) is 0 Å². The minimum atomic E-state index is -0.161. The molecule has 1 unspecified atom stereocenters. The number of anilines is 1. The highest BCUT2D eigenvalue weighted by atomic mass is 19.1. The molecule has 0 amide bonds. The molecule has 1 aromatic rings. The van der Waals surface area contributed by atoms with Gasteiger partial charge >= 0.3 is 0 Å². The van der Waals surface area contributed by atoms with E-state index in [1.54, 1.807) is 6.07 Å². The normalized spacial score (nSPS) is 23.2. The summed E-state index contributed by atoms with van der Waals surface area (Å²) in [6.07, 6.45) is 1.05. The van der Waals surface area contributed by atoms with Crippen molar-refractivity contribution >= 4 is 5.69 Å². The Labute approximate surface area is 115 Å². The van der Waals surface area contributed by atoms with Gasteiger partial charge in [-0.25, -0.2) is 4.39 Å². The average molecular weight is 265 g/mol. The van der Waals surface area contributed by atoms with E-state index in [-0.39, 0.29) is 11.9 Å². The second-order valence-electron chi connectivity index (χ2n) is 5.62. The average Bonchev–Trinajstić information content (AvgIpc) is 2.50. The molecule has 0 aliphatic carbocycles. The Hall–Kier alpha value is -1.13. The Kier molecular flexibility index (Phi) is 4.42. The first kappa shape index (κ1) is 14.3. The molecule has 4 heteroatoms. The van der Waals surface area contributed by atoms with Gasteiger partial charge in [0.2, 0.25) is 0 Å². The van der Waals surface area contributed by atoms with Crippen molar-refractivity contribution in [1.82, 2.24) is 4.90 Å². The molecule has 1 aliphatic rings. The van der Waals surface area contributed by atoms with Crippen molar-refractivity contribution in [3.8, 4) is 0 Å². The number of halogens is 1. The Morgan fingerprint density at radius 1 is 1.37 bits per heavy atom. The van der Waals surface area contributed by atoms with Gasteiger partial charge in [0.1, 0.15) is 5.82 Å². The van der Waals surface area contributed by atoms with Crippen LogP contribution < -0.4 is 10.6 Å². The quantitative estimate of drug-likeness (QED) is 0.891. The first-order valence-electron chi connectivity index (χ1n) is 7.00. The van der Waals surface area contributed by atoms with E-state index >= 15 is 0 Å². The van der Waals surface area contributed by atoms with Crippen molar-refractivity contribution in [2.24, 2.45) is 5.73 Å². The number of hydrogen-bond acceptors (Lipinski definition) is 3. The fourth-order valence-electron chi connectivity index (χ4n) is 2.91. The molecule has 1 heterocycles. The number of benzene rings is 1. The summed E-state index contributed by atoms with van der Waals surface area (Å²) in [7, 11) is 2.12. The number of para-hydroxylation sites is 1. The molecule has 106 valence electrons. The van der Waals surface area contributed by atoms with Gasteiger partial charge in [0, 0.05) is 25.2 Å². The van der Waals surface area contributed by atoms with Crippen molar-refractivity contribution in [2.45, 2.75) is 32.4 Å². The summed E-state index contributed by atoms with van der Waals surface area (Å²) in [6.45, 7) is 6.95. The van der Waals surface area contributed by atoms with Crippen LogP contribution >= 0.6 is 0 Å². The summed E-state index contributed by atoms with van der Waals surface area (Å²) in [5.74, 6) is -0.161. The van der Waals surface area contributed by atoms with Gasteiger partial charge in [0.15, 0.2) is 0 Å². The van der Waals surface area contributed by atoms with Gasteiger partial charge in [-0.2, -0.15) is 0 Å². The third-order valence-corrected chi connectivity index (χ3v) is 3.84. The maximum atomic E-state index is 14.3. The zero-order chi connectivity index (χ0) is 14.0. The molecule has 1 fully saturated rings. The molecule has 19 heavy (non-hydrogen) atoms. The third kappa shape index (κ3) is 3.07. The number of hydrogen-bond donors (Lipinski definition) is 1. The van der Waals surface area contributed by atoms with Crippen LogP contribution in [0.1, 0.15) is 31.9 Å². The maximum Gasteiger partial charge on any atom is 0.146 e. The molecule has 2 N–H and O–H groups in total. The number of nitrogens with two attached hydrogens (primary N) is 1. The van der Waals surface area contributed by atoms with Gasteiger partial charge in [-0.1, -0.05) is 12.1 Å². The van der Waals surface area contributed by atoms with Crippen LogP contribution in [0.25, 0.3) is 0 Å². The van der Waals surface area contributed by atoms with E-state index in [0.717, 1.165) is 31.6 Å². The third-order valence-electron chi connectivity index (χ3n) is 3.84. The lowest BCUT2D eigenvalue weighted by molar-refractivity contribution is 0.337. The zero-order valence-electron chi connectivity index (χ0n) is 12.1. The van der Waals surface area contributed by atoms with Crippen LogP contribution in [0.4, 0.5) is 10.1 Å². The SMILES string of the molecule is CC1CN(C)CCCN1c1c(F)cccc1[C@@H](C)N. The zero-order valence-corrected chi connectivity index (χ0v) is 12.1. The topological polar surface area (TPSA) is 32.5 Å². The molecular weight excluding hydrogens is 241 g/mol. The predicted molar refractivity (Wildman–Crippen MR) is 77.9 cm³/mol. The summed E-state index contributed by atoms with van der Waals surface area (Å²) in [5, 5.41) is 0. The van der Waals surface area contributed by atoms with E-state index in [4.69, 9.17) is 5.73 Å². The first-order valence-corrected chi connectivity index (χ1v) is 7.00. The van der Waals surface area contributed by atoms with Crippen molar-refractivity contribution in [3.05, 3.63) is 29.6 Å². The van der Waals surface area contributed by atoms with Crippen LogP contribution in [-0.4, -0.2) is 37.6 Å². The first-order chi connectivity index (χ1) is 9.00. The van der Waals surface area contributed by atoms with E-state index in [1.807, 2.05) is 13.0 Å². The van der Waals surface area contributed by atoms with Crippen LogP contribution in [0, 0.1) is 5.82 Å². The Morgan fingerprint density at radius 3 is 2.79 bits per heavy atom. The largest absolute Gasteiger partial charge is 0.365 e. The Morgan fingerprint density at radius 2 is 2.11 bits per heavy atom. The molecular formula is C15H24FN3. The van der Waals surface area contributed by atoms with Gasteiger partial charge in [-0.05, 0) is 45.5 Å². The minimum Gasteiger partial charge on any atom is -0.365 e. The second-order valence-corrected chi connectivity index (χ2v) is 5.62. The van der Waals surface area contributed by atoms with Crippen LogP contribution in [0.15, 0.2) is 18.2 Å². The summed E-state index contributed by atoms with van der Waals surface area (Å²) in [6, 6.07) is 5.35. The van der Waals surface area contributed by atoms with E-state index in [0.29, 0.717) is 11.7 Å². The van der Waals surface area contributed by atoms with E-state index in [9.17, 15) is 4.39 Å². The highest BCUT2D eigenvalue weighted by Crippen LogP contribution is 2.31. The monoisotopic (exact) mass is 265 g/mol. The number of rotatable bonds is 2. The predicted octanol–water partition coefficient (Wildman–Crippen LogP) is 2.38. The van der Waals surface area contributed by atoms with Gasteiger partial charge in [-0.3, -0.25) is 0 Å². The highest BCUT2D eigenvalue weighted by molar-refractivity contribution is 5.57. The lowest BCUT2D eigenvalue weighted by Gasteiger charge is -2.32. The van der Waals surface area contributed by atoms with Gasteiger partial charge in [0.05, 0.1) is 5.69 Å². The standard InChI is InChI=1S/C15H24FN3/c1-11-10-18(3)8-5-9-19(11)15-13(12(2)17)6-4-7-14(15)16/h4,6-7,11-12H,5,8-10,17H2,1-3H3/t11?,12-/m1/s1. The molecule has 3 nitrogen and oxygen atoms in total.